The summed E-state index contributed by atoms with van der Waals surface area (Å²) < 4.78 is 5.36. The minimum atomic E-state index is -0.0937. The number of benzene rings is 1. The van der Waals surface area contributed by atoms with Crippen molar-refractivity contribution in [3.05, 3.63) is 35.4 Å². The molecule has 1 aromatic carbocycles. The Balaban J connectivity index is 2.13. The van der Waals surface area contributed by atoms with Gasteiger partial charge in [0.25, 0.3) is 0 Å². The van der Waals surface area contributed by atoms with Crippen molar-refractivity contribution in [1.82, 2.24) is 5.32 Å². The topological polar surface area (TPSA) is 38.3 Å². The first kappa shape index (κ1) is 17.0. The summed E-state index contributed by atoms with van der Waals surface area (Å²) in [7, 11) is 0. The van der Waals surface area contributed by atoms with Crippen LogP contribution in [0.4, 0.5) is 0 Å². The molecule has 0 saturated heterocycles. The number of nitrogens with one attached hydrogen (secondary N) is 1. The predicted octanol–water partition coefficient (Wildman–Crippen LogP) is 4.17. The maximum atomic E-state index is 12.1. The minimum Gasteiger partial charge on any atom is -0.466 e. The molecule has 0 radical (unpaired) electrons. The van der Waals surface area contributed by atoms with Crippen LogP contribution in [0, 0.1) is 0 Å². The molecule has 1 aliphatic heterocycles. The molecule has 0 spiro atoms. The molecule has 2 rings (SSSR count). The second-order valence-corrected chi connectivity index (χ2v) is 6.34. The normalized spacial score (nSPS) is 19.5. The Morgan fingerprint density at radius 1 is 1.27 bits per heavy atom. The number of carbonyl (C=O) groups is 1. The Hall–Kier alpha value is -1.35. The van der Waals surface area contributed by atoms with Crippen molar-refractivity contribution in [3.8, 4) is 0 Å². The summed E-state index contributed by atoms with van der Waals surface area (Å²) in [5.74, 6) is -0.0937. The van der Waals surface area contributed by atoms with Gasteiger partial charge in [-0.25, -0.2) is 0 Å². The van der Waals surface area contributed by atoms with E-state index in [-0.39, 0.29) is 17.6 Å². The highest BCUT2D eigenvalue weighted by Crippen LogP contribution is 2.35. The van der Waals surface area contributed by atoms with Crippen LogP contribution < -0.4 is 5.32 Å². The quantitative estimate of drug-likeness (QED) is 0.607. The maximum Gasteiger partial charge on any atom is 0.307 e. The van der Waals surface area contributed by atoms with Crippen molar-refractivity contribution >= 4 is 5.97 Å². The fourth-order valence-corrected chi connectivity index (χ4v) is 3.32. The molecule has 22 heavy (non-hydrogen) atoms. The lowest BCUT2D eigenvalue weighted by atomic mass is 9.77. The molecule has 0 amide bonds. The smallest absolute Gasteiger partial charge is 0.307 e. The highest BCUT2D eigenvalue weighted by atomic mass is 16.5. The number of hydrogen-bond acceptors (Lipinski definition) is 3. The summed E-state index contributed by atoms with van der Waals surface area (Å²) in [5, 5.41) is 3.74. The van der Waals surface area contributed by atoms with Crippen LogP contribution in [0.25, 0.3) is 0 Å². The average Bonchev–Trinajstić information content (AvgIpc) is 2.55. The van der Waals surface area contributed by atoms with Crippen LogP contribution in [-0.4, -0.2) is 18.1 Å². The van der Waals surface area contributed by atoms with Gasteiger partial charge in [0, 0.05) is 11.6 Å². The Labute approximate surface area is 134 Å². The van der Waals surface area contributed by atoms with Gasteiger partial charge in [0.05, 0.1) is 13.0 Å². The Morgan fingerprint density at radius 3 is 2.68 bits per heavy atom. The monoisotopic (exact) mass is 303 g/mol. The maximum absolute atomic E-state index is 12.1. The zero-order valence-corrected chi connectivity index (χ0v) is 14.2. The van der Waals surface area contributed by atoms with Gasteiger partial charge in [0.1, 0.15) is 0 Å². The van der Waals surface area contributed by atoms with Gasteiger partial charge in [-0.1, -0.05) is 51.5 Å². The second kappa shape index (κ2) is 7.77. The molecule has 0 fully saturated rings. The van der Waals surface area contributed by atoms with E-state index < -0.39 is 0 Å². The van der Waals surface area contributed by atoms with Crippen LogP contribution in [0.15, 0.2) is 24.3 Å². The standard InChI is InChI=1S/C19H29NO2/c1-4-7-12-22-18(21)13-17-16-11-9-8-10-15(16)14-19(5-2,6-3)20-17/h8-11,17,20H,4-7,12-14H2,1-3H3. The van der Waals surface area contributed by atoms with Crippen molar-refractivity contribution in [2.45, 2.75) is 70.9 Å². The van der Waals surface area contributed by atoms with Crippen molar-refractivity contribution in [1.29, 1.82) is 0 Å². The number of carbonyl (C=O) groups excluding carboxylic acids is 1. The van der Waals surface area contributed by atoms with E-state index in [4.69, 9.17) is 4.74 Å². The van der Waals surface area contributed by atoms with Crippen LogP contribution in [0.3, 0.4) is 0 Å². The van der Waals surface area contributed by atoms with Crippen molar-refractivity contribution < 1.29 is 9.53 Å². The second-order valence-electron chi connectivity index (χ2n) is 6.34. The SMILES string of the molecule is CCCCOC(=O)CC1NC(CC)(CC)Cc2ccccc21. The Morgan fingerprint density at radius 2 is 2.00 bits per heavy atom. The highest BCUT2D eigenvalue weighted by molar-refractivity contribution is 5.70. The fourth-order valence-electron chi connectivity index (χ4n) is 3.32. The summed E-state index contributed by atoms with van der Waals surface area (Å²) in [6, 6.07) is 8.56. The molecule has 1 aromatic rings. The van der Waals surface area contributed by atoms with Gasteiger partial charge < -0.3 is 10.1 Å². The molecular formula is C19H29NO2. The summed E-state index contributed by atoms with van der Waals surface area (Å²) in [4.78, 5) is 12.1. The first-order chi connectivity index (χ1) is 10.6. The zero-order chi connectivity index (χ0) is 16.0. The molecule has 0 aromatic heterocycles. The van der Waals surface area contributed by atoms with E-state index in [0.717, 1.165) is 32.1 Å². The van der Waals surface area contributed by atoms with E-state index in [1.807, 2.05) is 0 Å². The van der Waals surface area contributed by atoms with Crippen LogP contribution in [0.2, 0.25) is 0 Å². The fraction of sp³-hybridized carbons (Fsp3) is 0.632. The Bertz CT molecular complexity index is 494. The third-order valence-electron chi connectivity index (χ3n) is 4.93. The summed E-state index contributed by atoms with van der Waals surface area (Å²) >= 11 is 0. The molecule has 1 unspecified atom stereocenters. The number of fused-ring (bicyclic) bond motifs is 1. The van der Waals surface area contributed by atoms with E-state index in [1.165, 1.54) is 11.1 Å². The summed E-state index contributed by atoms with van der Waals surface area (Å²) in [6.45, 7) is 7.09. The molecule has 122 valence electrons. The van der Waals surface area contributed by atoms with Gasteiger partial charge in [-0.05, 0) is 36.8 Å². The largest absolute Gasteiger partial charge is 0.466 e. The molecule has 3 nitrogen and oxygen atoms in total. The predicted molar refractivity (Wildman–Crippen MR) is 89.8 cm³/mol. The lowest BCUT2D eigenvalue weighted by Gasteiger charge is -2.42. The van der Waals surface area contributed by atoms with Gasteiger partial charge in [0.15, 0.2) is 0 Å². The number of ether oxygens (including phenoxy) is 1. The minimum absolute atomic E-state index is 0.0685. The zero-order valence-electron chi connectivity index (χ0n) is 14.2. The molecular weight excluding hydrogens is 274 g/mol. The van der Waals surface area contributed by atoms with Gasteiger partial charge in [-0.15, -0.1) is 0 Å². The van der Waals surface area contributed by atoms with Crippen LogP contribution in [0.1, 0.15) is 70.0 Å². The van der Waals surface area contributed by atoms with Gasteiger partial charge in [-0.2, -0.15) is 0 Å². The first-order valence-corrected chi connectivity index (χ1v) is 8.65. The molecule has 1 atom stereocenters. The van der Waals surface area contributed by atoms with Crippen molar-refractivity contribution in [2.24, 2.45) is 0 Å². The van der Waals surface area contributed by atoms with E-state index in [9.17, 15) is 4.79 Å². The molecule has 0 bridgehead atoms. The van der Waals surface area contributed by atoms with E-state index in [2.05, 4.69) is 50.4 Å². The molecule has 0 aliphatic carbocycles. The number of hydrogen-bond donors (Lipinski definition) is 1. The Kier molecular flexibility index (Phi) is 6.01. The van der Waals surface area contributed by atoms with Crippen LogP contribution in [0.5, 0.6) is 0 Å². The van der Waals surface area contributed by atoms with E-state index in [0.29, 0.717) is 13.0 Å². The lowest BCUT2D eigenvalue weighted by molar-refractivity contribution is -0.144. The van der Waals surface area contributed by atoms with Crippen LogP contribution >= 0.6 is 0 Å². The van der Waals surface area contributed by atoms with Crippen LogP contribution in [-0.2, 0) is 16.0 Å². The lowest BCUT2D eigenvalue weighted by Crippen LogP contribution is -2.51. The number of esters is 1. The van der Waals surface area contributed by atoms with Gasteiger partial charge >= 0.3 is 5.97 Å². The molecule has 1 aliphatic rings. The van der Waals surface area contributed by atoms with Gasteiger partial charge in [-0.3, -0.25) is 4.79 Å². The number of unbranched alkanes of at least 4 members (excludes halogenated alkanes) is 1. The number of rotatable bonds is 7. The first-order valence-electron chi connectivity index (χ1n) is 8.65. The molecule has 0 saturated carbocycles. The van der Waals surface area contributed by atoms with Crippen molar-refractivity contribution in [2.75, 3.05) is 6.61 Å². The van der Waals surface area contributed by atoms with Crippen molar-refractivity contribution in [3.63, 3.8) is 0 Å². The molecule has 1 heterocycles. The van der Waals surface area contributed by atoms with Gasteiger partial charge in [0.2, 0.25) is 0 Å². The highest BCUT2D eigenvalue weighted by Gasteiger charge is 2.36. The summed E-state index contributed by atoms with van der Waals surface area (Å²) in [6.07, 6.45) is 5.58. The third-order valence-corrected chi connectivity index (χ3v) is 4.93. The summed E-state index contributed by atoms with van der Waals surface area (Å²) in [5.41, 5.74) is 2.73. The van der Waals surface area contributed by atoms with E-state index in [1.54, 1.807) is 0 Å². The molecule has 3 heteroatoms. The average molecular weight is 303 g/mol. The van der Waals surface area contributed by atoms with E-state index >= 15 is 0 Å². The third kappa shape index (κ3) is 3.89. The molecule has 1 N–H and O–H groups in total.